The maximum absolute atomic E-state index is 9.50. The van der Waals surface area contributed by atoms with Gasteiger partial charge in [-0.05, 0) is 57.3 Å². The summed E-state index contributed by atoms with van der Waals surface area (Å²) in [6.45, 7) is 6.47. The fraction of sp³-hybridized carbons (Fsp3) is 0.667. The molecule has 0 spiro atoms. The zero-order valence-electron chi connectivity index (χ0n) is 13.9. The van der Waals surface area contributed by atoms with Crippen LogP contribution in [0, 0.1) is 0 Å². The molecule has 2 rings (SSSR count). The first-order valence-corrected chi connectivity index (χ1v) is 8.44. The van der Waals surface area contributed by atoms with Gasteiger partial charge in [0.1, 0.15) is 5.75 Å². The molecule has 1 fully saturated rings. The number of likely N-dealkylation sites (tertiary alicyclic amines) is 1. The van der Waals surface area contributed by atoms with E-state index in [1.54, 1.807) is 7.11 Å². The van der Waals surface area contributed by atoms with Gasteiger partial charge >= 0.3 is 0 Å². The van der Waals surface area contributed by atoms with Crippen molar-refractivity contribution < 1.29 is 9.84 Å². The minimum absolute atomic E-state index is 0.0738. The van der Waals surface area contributed by atoms with Crippen molar-refractivity contribution in [3.05, 3.63) is 29.8 Å². The van der Waals surface area contributed by atoms with E-state index in [0.717, 1.165) is 57.6 Å². The van der Waals surface area contributed by atoms with Gasteiger partial charge in [-0.25, -0.2) is 0 Å². The number of piperidine rings is 1. The van der Waals surface area contributed by atoms with Crippen LogP contribution in [0.25, 0.3) is 0 Å². The normalized spacial score (nSPS) is 18.3. The highest BCUT2D eigenvalue weighted by Gasteiger charge is 2.16. The van der Waals surface area contributed by atoms with E-state index in [9.17, 15) is 5.11 Å². The number of hydrogen-bond donors (Lipinski definition) is 2. The highest BCUT2D eigenvalue weighted by atomic mass is 16.5. The number of nitrogens with one attached hydrogen (secondary N) is 1. The number of hydrogen-bond acceptors (Lipinski definition) is 4. The molecule has 0 radical (unpaired) electrons. The Hall–Kier alpha value is -1.10. The van der Waals surface area contributed by atoms with Crippen molar-refractivity contribution in [3.63, 3.8) is 0 Å². The Kier molecular flexibility index (Phi) is 7.16. The standard InChI is InChI=1S/C18H30N2O2/c1-15(14-16-6-3-4-7-18(16)22-2)19-10-5-11-20-12-8-17(21)9-13-20/h3-4,6-7,15,17,19,21H,5,8-14H2,1-2H3. The van der Waals surface area contributed by atoms with Crippen molar-refractivity contribution in [2.24, 2.45) is 0 Å². The predicted octanol–water partition coefficient (Wildman–Crippen LogP) is 2.06. The molecular formula is C18H30N2O2. The minimum Gasteiger partial charge on any atom is -0.496 e. The average molecular weight is 306 g/mol. The van der Waals surface area contributed by atoms with Crippen LogP contribution < -0.4 is 10.1 Å². The fourth-order valence-electron chi connectivity index (χ4n) is 3.07. The summed E-state index contributed by atoms with van der Waals surface area (Å²) in [5.74, 6) is 0.975. The molecule has 0 aromatic heterocycles. The number of aliphatic hydroxyl groups excluding tert-OH is 1. The van der Waals surface area contributed by atoms with Crippen molar-refractivity contribution in [2.75, 3.05) is 33.3 Å². The summed E-state index contributed by atoms with van der Waals surface area (Å²) < 4.78 is 5.40. The zero-order valence-corrected chi connectivity index (χ0v) is 13.9. The molecule has 0 saturated carbocycles. The molecule has 1 aromatic rings. The summed E-state index contributed by atoms with van der Waals surface area (Å²) in [5.41, 5.74) is 1.26. The van der Waals surface area contributed by atoms with Gasteiger partial charge in [0, 0.05) is 19.1 Å². The molecule has 4 heteroatoms. The predicted molar refractivity (Wildman–Crippen MR) is 90.5 cm³/mol. The molecule has 2 N–H and O–H groups in total. The second-order valence-corrected chi connectivity index (χ2v) is 6.30. The van der Waals surface area contributed by atoms with Crippen LogP contribution >= 0.6 is 0 Å². The minimum atomic E-state index is -0.0738. The van der Waals surface area contributed by atoms with E-state index in [4.69, 9.17) is 4.74 Å². The Labute approximate surface area is 134 Å². The smallest absolute Gasteiger partial charge is 0.122 e. The van der Waals surface area contributed by atoms with Crippen molar-refractivity contribution in [3.8, 4) is 5.75 Å². The first-order chi connectivity index (χ1) is 10.7. The van der Waals surface area contributed by atoms with E-state index >= 15 is 0 Å². The first kappa shape index (κ1) is 17.3. The van der Waals surface area contributed by atoms with Crippen LogP contribution in [0.15, 0.2) is 24.3 Å². The van der Waals surface area contributed by atoms with Gasteiger partial charge in [-0.3, -0.25) is 0 Å². The largest absolute Gasteiger partial charge is 0.496 e. The van der Waals surface area contributed by atoms with Crippen LogP contribution in [0.4, 0.5) is 0 Å². The summed E-state index contributed by atoms with van der Waals surface area (Å²) in [6, 6.07) is 8.67. The van der Waals surface area contributed by atoms with Crippen molar-refractivity contribution in [1.29, 1.82) is 0 Å². The van der Waals surface area contributed by atoms with Crippen molar-refractivity contribution >= 4 is 0 Å². The van der Waals surface area contributed by atoms with E-state index in [-0.39, 0.29) is 6.10 Å². The van der Waals surface area contributed by atoms with E-state index in [2.05, 4.69) is 29.3 Å². The van der Waals surface area contributed by atoms with Crippen LogP contribution in [0.2, 0.25) is 0 Å². The highest BCUT2D eigenvalue weighted by molar-refractivity contribution is 5.33. The monoisotopic (exact) mass is 306 g/mol. The van der Waals surface area contributed by atoms with Crippen LogP contribution in [0.5, 0.6) is 5.75 Å². The van der Waals surface area contributed by atoms with E-state index in [1.165, 1.54) is 5.56 Å². The van der Waals surface area contributed by atoms with Crippen molar-refractivity contribution in [1.82, 2.24) is 10.2 Å². The van der Waals surface area contributed by atoms with Gasteiger partial charge in [-0.1, -0.05) is 18.2 Å². The number of methoxy groups -OCH3 is 1. The molecule has 1 aromatic carbocycles. The number of aliphatic hydroxyl groups is 1. The Bertz CT molecular complexity index is 431. The van der Waals surface area contributed by atoms with Crippen LogP contribution in [0.1, 0.15) is 31.7 Å². The van der Waals surface area contributed by atoms with Crippen LogP contribution in [0.3, 0.4) is 0 Å². The molecule has 4 nitrogen and oxygen atoms in total. The topological polar surface area (TPSA) is 44.7 Å². The lowest BCUT2D eigenvalue weighted by Gasteiger charge is -2.29. The van der Waals surface area contributed by atoms with Gasteiger partial charge < -0.3 is 20.1 Å². The molecule has 1 unspecified atom stereocenters. The van der Waals surface area contributed by atoms with Gasteiger partial charge in [0.15, 0.2) is 0 Å². The molecule has 1 atom stereocenters. The van der Waals surface area contributed by atoms with E-state index in [1.807, 2.05) is 12.1 Å². The lowest BCUT2D eigenvalue weighted by molar-refractivity contribution is 0.0820. The average Bonchev–Trinajstić information content (AvgIpc) is 2.54. The van der Waals surface area contributed by atoms with E-state index < -0.39 is 0 Å². The number of nitrogens with zero attached hydrogens (tertiary/aromatic N) is 1. The molecule has 0 aliphatic carbocycles. The third-order valence-corrected chi connectivity index (χ3v) is 4.42. The SMILES string of the molecule is COc1ccccc1CC(C)NCCCN1CCC(O)CC1. The lowest BCUT2D eigenvalue weighted by Crippen LogP contribution is -2.38. The summed E-state index contributed by atoms with van der Waals surface area (Å²) in [7, 11) is 1.73. The molecule has 1 aliphatic heterocycles. The number of rotatable bonds is 8. The Morgan fingerprint density at radius 3 is 2.77 bits per heavy atom. The first-order valence-electron chi connectivity index (χ1n) is 8.44. The second kappa shape index (κ2) is 9.13. The van der Waals surface area contributed by atoms with Crippen molar-refractivity contribution in [2.45, 2.75) is 44.8 Å². The third kappa shape index (κ3) is 5.59. The number of para-hydroxylation sites is 1. The fourth-order valence-corrected chi connectivity index (χ4v) is 3.07. The van der Waals surface area contributed by atoms with Gasteiger partial charge in [0.25, 0.3) is 0 Å². The van der Waals surface area contributed by atoms with Gasteiger partial charge in [-0.2, -0.15) is 0 Å². The third-order valence-electron chi connectivity index (χ3n) is 4.42. The molecule has 22 heavy (non-hydrogen) atoms. The van der Waals surface area contributed by atoms with Gasteiger partial charge in [0.05, 0.1) is 13.2 Å². The van der Waals surface area contributed by atoms with Crippen LogP contribution in [-0.4, -0.2) is 55.4 Å². The molecule has 0 bridgehead atoms. The van der Waals surface area contributed by atoms with Gasteiger partial charge in [0.2, 0.25) is 0 Å². The molecule has 1 saturated heterocycles. The summed E-state index contributed by atoms with van der Waals surface area (Å²) in [4.78, 5) is 2.46. The molecule has 1 heterocycles. The van der Waals surface area contributed by atoms with E-state index in [0.29, 0.717) is 6.04 Å². The zero-order chi connectivity index (χ0) is 15.8. The number of ether oxygens (including phenoxy) is 1. The van der Waals surface area contributed by atoms with Gasteiger partial charge in [-0.15, -0.1) is 0 Å². The Morgan fingerprint density at radius 2 is 2.05 bits per heavy atom. The van der Waals surface area contributed by atoms with Crippen LogP contribution in [-0.2, 0) is 6.42 Å². The molecular weight excluding hydrogens is 276 g/mol. The summed E-state index contributed by atoms with van der Waals surface area (Å²) >= 11 is 0. The molecule has 0 amide bonds. The molecule has 1 aliphatic rings. The summed E-state index contributed by atoms with van der Waals surface area (Å²) in [5, 5.41) is 13.1. The Morgan fingerprint density at radius 1 is 1.32 bits per heavy atom. The highest BCUT2D eigenvalue weighted by Crippen LogP contribution is 2.18. The number of benzene rings is 1. The quantitative estimate of drug-likeness (QED) is 0.722. The maximum atomic E-state index is 9.50. The Balaban J connectivity index is 1.62. The maximum Gasteiger partial charge on any atom is 0.122 e. The summed E-state index contributed by atoms with van der Waals surface area (Å²) in [6.07, 6.45) is 3.93. The lowest BCUT2D eigenvalue weighted by atomic mass is 10.1. The second-order valence-electron chi connectivity index (χ2n) is 6.30. The molecule has 124 valence electrons.